The summed E-state index contributed by atoms with van der Waals surface area (Å²) >= 11 is 5.72. The molecule has 4 rings (SSSR count). The van der Waals surface area contributed by atoms with Crippen LogP contribution in [0, 0.1) is 5.82 Å². The highest BCUT2D eigenvalue weighted by Gasteiger charge is 2.34. The molecule has 0 unspecified atom stereocenters. The van der Waals surface area contributed by atoms with Crippen LogP contribution in [0.5, 0.6) is 0 Å². The van der Waals surface area contributed by atoms with E-state index in [0.717, 1.165) is 17.7 Å². The lowest BCUT2D eigenvalue weighted by Crippen LogP contribution is -2.46. The van der Waals surface area contributed by atoms with Crippen LogP contribution < -0.4 is 21.3 Å². The second-order valence-electron chi connectivity index (χ2n) is 8.14. The molecular formula is C23H22ClF4N7O. The third kappa shape index (κ3) is 6.52. The third-order valence-corrected chi connectivity index (χ3v) is 5.80. The summed E-state index contributed by atoms with van der Waals surface area (Å²) in [5, 5.41) is 5.18. The maximum Gasteiger partial charge on any atom is 0.433 e. The molecule has 2 amide bonds. The molecular weight excluding hydrogens is 502 g/mol. The number of halogens is 5. The highest BCUT2D eigenvalue weighted by Crippen LogP contribution is 2.30. The first-order valence-electron chi connectivity index (χ1n) is 10.9. The van der Waals surface area contributed by atoms with Crippen molar-refractivity contribution in [3.05, 3.63) is 70.6 Å². The predicted molar refractivity (Wildman–Crippen MR) is 129 cm³/mol. The zero-order chi connectivity index (χ0) is 25.9. The van der Waals surface area contributed by atoms with Crippen LogP contribution in [0.2, 0.25) is 5.02 Å². The van der Waals surface area contributed by atoms with Crippen molar-refractivity contribution in [1.82, 2.24) is 14.9 Å². The lowest BCUT2D eigenvalue weighted by Gasteiger charge is -2.35. The summed E-state index contributed by atoms with van der Waals surface area (Å²) in [6.07, 6.45) is -4.59. The van der Waals surface area contributed by atoms with Gasteiger partial charge in [0.15, 0.2) is 5.69 Å². The maximum absolute atomic E-state index is 13.2. The summed E-state index contributed by atoms with van der Waals surface area (Å²) in [5.41, 5.74) is 6.34. The number of carbonyl (C=O) groups is 1. The number of urea groups is 1. The normalized spacial score (nSPS) is 14.5. The molecule has 0 atom stereocenters. The van der Waals surface area contributed by atoms with E-state index in [0.29, 0.717) is 44.1 Å². The van der Waals surface area contributed by atoms with Crippen LogP contribution in [0.15, 0.2) is 48.5 Å². The van der Waals surface area contributed by atoms with E-state index < -0.39 is 29.7 Å². The number of rotatable bonds is 5. The molecule has 0 aliphatic carbocycles. The Morgan fingerprint density at radius 2 is 1.61 bits per heavy atom. The monoisotopic (exact) mass is 523 g/mol. The highest BCUT2D eigenvalue weighted by atomic mass is 35.5. The number of carbonyl (C=O) groups excluding carboxylic acids is 1. The van der Waals surface area contributed by atoms with Crippen molar-refractivity contribution in [1.29, 1.82) is 0 Å². The molecule has 0 saturated carbocycles. The van der Waals surface area contributed by atoms with Gasteiger partial charge in [0, 0.05) is 50.2 Å². The number of anilines is 4. The Balaban J connectivity index is 1.28. The Labute approximate surface area is 209 Å². The van der Waals surface area contributed by atoms with Crippen LogP contribution in [0.3, 0.4) is 0 Å². The number of hydrogen-bond acceptors (Lipinski definition) is 6. The van der Waals surface area contributed by atoms with E-state index in [1.807, 2.05) is 12.1 Å². The average molecular weight is 524 g/mol. The SMILES string of the molecule is Nc1nc(N2CCN(Cc3ccc(NC(=O)Nc4ccc(F)c(Cl)c4)cc3)CC2)cc(C(F)(F)F)n1. The predicted octanol–water partition coefficient (Wildman–Crippen LogP) is 4.84. The van der Waals surface area contributed by atoms with Crippen LogP contribution in [-0.4, -0.2) is 47.1 Å². The van der Waals surface area contributed by atoms with E-state index in [-0.39, 0.29) is 10.8 Å². The molecule has 36 heavy (non-hydrogen) atoms. The summed E-state index contributed by atoms with van der Waals surface area (Å²) in [5.74, 6) is -0.828. The summed E-state index contributed by atoms with van der Waals surface area (Å²) in [7, 11) is 0. The van der Waals surface area contributed by atoms with E-state index in [1.54, 1.807) is 17.0 Å². The number of nitrogens with two attached hydrogens (primary N) is 1. The number of aromatic nitrogens is 2. The van der Waals surface area contributed by atoms with Crippen molar-refractivity contribution in [2.75, 3.05) is 47.4 Å². The molecule has 3 aromatic rings. The standard InChI is InChI=1S/C23H22ClF4N7O/c24-17-11-16(5-6-18(17)25)31-22(36)30-15-3-1-14(2-4-15)13-34-7-9-35(10-8-34)20-12-19(23(26,27)28)32-21(29)33-20/h1-6,11-12H,7-10,13H2,(H2,29,32,33)(H2,30,31,36). The van der Waals surface area contributed by atoms with Crippen LogP contribution in [-0.2, 0) is 12.7 Å². The van der Waals surface area contributed by atoms with E-state index in [1.165, 1.54) is 12.1 Å². The van der Waals surface area contributed by atoms with Gasteiger partial charge in [-0.05, 0) is 35.9 Å². The molecule has 1 aliphatic rings. The maximum atomic E-state index is 13.2. The molecule has 0 radical (unpaired) electrons. The van der Waals surface area contributed by atoms with E-state index in [4.69, 9.17) is 17.3 Å². The lowest BCUT2D eigenvalue weighted by atomic mass is 10.1. The zero-order valence-corrected chi connectivity index (χ0v) is 19.6. The first kappa shape index (κ1) is 25.5. The second-order valence-corrected chi connectivity index (χ2v) is 8.54. The van der Waals surface area contributed by atoms with Gasteiger partial charge in [0.05, 0.1) is 5.02 Å². The van der Waals surface area contributed by atoms with Crippen LogP contribution in [0.25, 0.3) is 0 Å². The van der Waals surface area contributed by atoms with E-state index >= 15 is 0 Å². The number of nitrogens with one attached hydrogen (secondary N) is 2. The minimum absolute atomic E-state index is 0.0924. The summed E-state index contributed by atoms with van der Waals surface area (Å²) in [4.78, 5) is 23.3. The summed E-state index contributed by atoms with van der Waals surface area (Å²) in [6.45, 7) is 2.85. The molecule has 0 bridgehead atoms. The molecule has 2 aromatic carbocycles. The number of nitrogens with zero attached hydrogens (tertiary/aromatic N) is 4. The Kier molecular flexibility index (Phi) is 7.45. The van der Waals surface area contributed by atoms with E-state index in [2.05, 4.69) is 25.5 Å². The number of amides is 2. The molecule has 1 aromatic heterocycles. The fourth-order valence-electron chi connectivity index (χ4n) is 3.71. The molecule has 2 heterocycles. The van der Waals surface area contributed by atoms with Gasteiger partial charge >= 0.3 is 12.2 Å². The average Bonchev–Trinajstić information content (AvgIpc) is 2.82. The van der Waals surface area contributed by atoms with Gasteiger partial charge in [0.25, 0.3) is 0 Å². The molecule has 1 aliphatic heterocycles. The number of nitrogen functional groups attached to an aromatic ring is 1. The van der Waals surface area contributed by atoms with Gasteiger partial charge in [-0.25, -0.2) is 14.2 Å². The molecule has 0 spiro atoms. The van der Waals surface area contributed by atoms with Gasteiger partial charge in [-0.2, -0.15) is 18.2 Å². The Morgan fingerprint density at radius 1 is 0.972 bits per heavy atom. The first-order chi connectivity index (χ1) is 17.1. The summed E-state index contributed by atoms with van der Waals surface area (Å²) < 4.78 is 52.3. The van der Waals surface area contributed by atoms with Crippen molar-refractivity contribution in [3.8, 4) is 0 Å². The van der Waals surface area contributed by atoms with Crippen LogP contribution in [0.4, 0.5) is 45.5 Å². The van der Waals surface area contributed by atoms with Crippen molar-refractivity contribution in [2.24, 2.45) is 0 Å². The molecule has 190 valence electrons. The van der Waals surface area contributed by atoms with Crippen molar-refractivity contribution < 1.29 is 22.4 Å². The van der Waals surface area contributed by atoms with Gasteiger partial charge in [0.2, 0.25) is 5.95 Å². The van der Waals surface area contributed by atoms with Crippen molar-refractivity contribution >= 4 is 40.8 Å². The van der Waals surface area contributed by atoms with Gasteiger partial charge in [-0.15, -0.1) is 0 Å². The minimum atomic E-state index is -4.59. The van der Waals surface area contributed by atoms with Gasteiger partial charge in [-0.3, -0.25) is 4.90 Å². The second kappa shape index (κ2) is 10.5. The van der Waals surface area contributed by atoms with E-state index in [9.17, 15) is 22.4 Å². The fourth-order valence-corrected chi connectivity index (χ4v) is 3.89. The fraction of sp³-hybridized carbons (Fsp3) is 0.261. The van der Waals surface area contributed by atoms with Crippen molar-refractivity contribution in [3.63, 3.8) is 0 Å². The van der Waals surface area contributed by atoms with Crippen LogP contribution in [0.1, 0.15) is 11.3 Å². The topological polar surface area (TPSA) is 99.4 Å². The number of hydrogen-bond donors (Lipinski definition) is 3. The number of piperazine rings is 1. The van der Waals surface area contributed by atoms with Gasteiger partial charge < -0.3 is 21.3 Å². The molecule has 1 fully saturated rings. The largest absolute Gasteiger partial charge is 0.433 e. The molecule has 4 N–H and O–H groups in total. The molecule has 1 saturated heterocycles. The smallest absolute Gasteiger partial charge is 0.368 e. The van der Waals surface area contributed by atoms with Gasteiger partial charge in [-0.1, -0.05) is 23.7 Å². The minimum Gasteiger partial charge on any atom is -0.368 e. The highest BCUT2D eigenvalue weighted by molar-refractivity contribution is 6.31. The summed E-state index contributed by atoms with van der Waals surface area (Å²) in [6, 6.07) is 11.5. The van der Waals surface area contributed by atoms with Crippen molar-refractivity contribution in [2.45, 2.75) is 12.7 Å². The van der Waals surface area contributed by atoms with Crippen LogP contribution >= 0.6 is 11.6 Å². The lowest BCUT2D eigenvalue weighted by molar-refractivity contribution is -0.141. The zero-order valence-electron chi connectivity index (χ0n) is 18.8. The third-order valence-electron chi connectivity index (χ3n) is 5.51. The van der Waals surface area contributed by atoms with Gasteiger partial charge in [0.1, 0.15) is 11.6 Å². The quantitative estimate of drug-likeness (QED) is 0.414. The molecule has 8 nitrogen and oxygen atoms in total. The Morgan fingerprint density at radius 3 is 2.25 bits per heavy atom. The Hall–Kier alpha value is -3.64. The number of benzene rings is 2. The Bertz CT molecular complexity index is 1230. The first-order valence-corrected chi connectivity index (χ1v) is 11.3. The number of alkyl halides is 3. The molecule has 13 heteroatoms.